The third-order valence-electron chi connectivity index (χ3n) is 2.60. The fourth-order valence-electron chi connectivity index (χ4n) is 1.92. The number of phenols is 1. The van der Waals surface area contributed by atoms with Crippen LogP contribution in [0.4, 0.5) is 0 Å². The molecule has 0 aliphatic carbocycles. The Balaban J connectivity index is 2.74. The quantitative estimate of drug-likeness (QED) is 0.776. The predicted octanol–water partition coefficient (Wildman–Crippen LogP) is 2.11. The molecule has 0 unspecified atom stereocenters. The van der Waals surface area contributed by atoms with Crippen LogP contribution < -0.4 is 0 Å². The maximum Gasteiger partial charge on any atom is 0.139 e. The van der Waals surface area contributed by atoms with Crippen molar-refractivity contribution in [3.8, 4) is 5.75 Å². The molecule has 0 radical (unpaired) electrons. The van der Waals surface area contributed by atoms with Gasteiger partial charge in [-0.2, -0.15) is 0 Å². The maximum absolute atomic E-state index is 10.5. The van der Waals surface area contributed by atoms with Gasteiger partial charge < -0.3 is 14.5 Å². The van der Waals surface area contributed by atoms with E-state index in [1.54, 1.807) is 12.1 Å². The minimum absolute atomic E-state index is 0.270. The molecule has 3 nitrogen and oxygen atoms in total. The lowest BCUT2D eigenvalue weighted by Gasteiger charge is -2.01. The van der Waals surface area contributed by atoms with Crippen molar-refractivity contribution >= 4 is 17.2 Å². The molecular weight excluding hydrogens is 190 g/mol. The van der Waals surface area contributed by atoms with Crippen LogP contribution in [0, 0.1) is 0 Å². The highest BCUT2D eigenvalue weighted by molar-refractivity contribution is 5.90. The summed E-state index contributed by atoms with van der Waals surface area (Å²) in [5, 5.41) is 10.7. The Morgan fingerprint density at radius 3 is 2.93 bits per heavy atom. The van der Waals surface area contributed by atoms with Crippen molar-refractivity contribution in [3.05, 3.63) is 30.0 Å². The molecule has 0 saturated carbocycles. The van der Waals surface area contributed by atoms with Crippen LogP contribution in [0.3, 0.4) is 0 Å². The van der Waals surface area contributed by atoms with E-state index in [1.807, 2.05) is 23.8 Å². The number of hydrogen-bond acceptors (Lipinski definition) is 2. The van der Waals surface area contributed by atoms with Crippen LogP contribution >= 0.6 is 0 Å². The maximum atomic E-state index is 10.5. The lowest BCUT2D eigenvalue weighted by molar-refractivity contribution is -0.107. The van der Waals surface area contributed by atoms with Gasteiger partial charge in [0.15, 0.2) is 0 Å². The number of rotatable bonds is 3. The minimum atomic E-state index is 0.270. The predicted molar refractivity (Wildman–Crippen MR) is 59.0 cm³/mol. The second kappa shape index (κ2) is 3.77. The first-order chi connectivity index (χ1) is 7.27. The zero-order valence-corrected chi connectivity index (χ0v) is 8.60. The molecule has 3 heteroatoms. The molecule has 0 amide bonds. The average Bonchev–Trinajstić information content (AvgIpc) is 2.59. The Labute approximate surface area is 87.9 Å². The topological polar surface area (TPSA) is 42.2 Å². The van der Waals surface area contributed by atoms with Gasteiger partial charge in [-0.05, 0) is 18.6 Å². The summed E-state index contributed by atoms with van der Waals surface area (Å²) in [6.45, 7) is 2.80. The molecule has 2 rings (SSSR count). The van der Waals surface area contributed by atoms with E-state index in [0.717, 1.165) is 29.3 Å². The molecule has 0 saturated heterocycles. The van der Waals surface area contributed by atoms with E-state index in [0.29, 0.717) is 6.42 Å². The molecule has 0 aliphatic heterocycles. The normalized spacial score (nSPS) is 10.7. The van der Waals surface area contributed by atoms with E-state index < -0.39 is 0 Å². The zero-order valence-electron chi connectivity index (χ0n) is 8.60. The standard InChI is InChI=1S/C12H13NO2/c1-2-13-8-9(6-7-14)10-4-3-5-11(15)12(10)13/h3-5,7-8,15H,2,6H2,1H3. The Bertz CT molecular complexity index is 500. The second-order valence-electron chi connectivity index (χ2n) is 3.48. The van der Waals surface area contributed by atoms with Gasteiger partial charge in [0, 0.05) is 24.5 Å². The highest BCUT2D eigenvalue weighted by Crippen LogP contribution is 2.28. The number of aldehydes is 1. The SMILES string of the molecule is CCn1cc(CC=O)c2cccc(O)c21. The summed E-state index contributed by atoms with van der Waals surface area (Å²) in [7, 11) is 0. The van der Waals surface area contributed by atoms with Crippen LogP contribution in [0.2, 0.25) is 0 Å². The van der Waals surface area contributed by atoms with Crippen molar-refractivity contribution < 1.29 is 9.90 Å². The average molecular weight is 203 g/mol. The Kier molecular flexibility index (Phi) is 2.46. The number of para-hydroxylation sites is 1. The molecule has 0 spiro atoms. The molecule has 1 N–H and O–H groups in total. The number of nitrogens with zero attached hydrogens (tertiary/aromatic N) is 1. The first-order valence-corrected chi connectivity index (χ1v) is 5.01. The van der Waals surface area contributed by atoms with Crippen LogP contribution in [0.25, 0.3) is 10.9 Å². The molecular formula is C12H13NO2. The summed E-state index contributed by atoms with van der Waals surface area (Å²) in [5.41, 5.74) is 1.79. The fourth-order valence-corrected chi connectivity index (χ4v) is 1.92. The van der Waals surface area contributed by atoms with Gasteiger partial charge in [-0.25, -0.2) is 0 Å². The van der Waals surface area contributed by atoms with Crippen molar-refractivity contribution in [2.45, 2.75) is 19.9 Å². The number of fused-ring (bicyclic) bond motifs is 1. The molecule has 1 heterocycles. The van der Waals surface area contributed by atoms with E-state index in [9.17, 15) is 9.90 Å². The van der Waals surface area contributed by atoms with Gasteiger partial charge in [0.05, 0.1) is 5.52 Å². The minimum Gasteiger partial charge on any atom is -0.506 e. The highest BCUT2D eigenvalue weighted by Gasteiger charge is 2.09. The van der Waals surface area contributed by atoms with Crippen molar-refractivity contribution in [1.82, 2.24) is 4.57 Å². The van der Waals surface area contributed by atoms with E-state index in [4.69, 9.17) is 0 Å². The second-order valence-corrected chi connectivity index (χ2v) is 3.48. The monoisotopic (exact) mass is 203 g/mol. The first kappa shape index (κ1) is 9.77. The smallest absolute Gasteiger partial charge is 0.139 e. The fraction of sp³-hybridized carbons (Fsp3) is 0.250. The van der Waals surface area contributed by atoms with Crippen molar-refractivity contribution in [2.75, 3.05) is 0 Å². The largest absolute Gasteiger partial charge is 0.506 e. The number of benzene rings is 1. The number of aryl methyl sites for hydroxylation is 1. The summed E-state index contributed by atoms with van der Waals surface area (Å²) in [6.07, 6.45) is 3.21. The highest BCUT2D eigenvalue weighted by atomic mass is 16.3. The molecule has 15 heavy (non-hydrogen) atoms. The van der Waals surface area contributed by atoms with Gasteiger partial charge in [-0.1, -0.05) is 12.1 Å². The van der Waals surface area contributed by atoms with E-state index in [1.165, 1.54) is 0 Å². The van der Waals surface area contributed by atoms with Crippen LogP contribution in [0.15, 0.2) is 24.4 Å². The third-order valence-corrected chi connectivity index (χ3v) is 2.60. The number of aromatic hydroxyl groups is 1. The number of carbonyl (C=O) groups is 1. The Morgan fingerprint density at radius 1 is 1.47 bits per heavy atom. The van der Waals surface area contributed by atoms with Crippen LogP contribution in [0.1, 0.15) is 12.5 Å². The summed E-state index contributed by atoms with van der Waals surface area (Å²) < 4.78 is 1.96. The summed E-state index contributed by atoms with van der Waals surface area (Å²) in [4.78, 5) is 10.5. The van der Waals surface area contributed by atoms with Gasteiger partial charge in [-0.3, -0.25) is 0 Å². The Morgan fingerprint density at radius 2 is 2.27 bits per heavy atom. The van der Waals surface area contributed by atoms with Gasteiger partial charge in [0.2, 0.25) is 0 Å². The molecule has 0 aliphatic rings. The molecule has 1 aromatic carbocycles. The van der Waals surface area contributed by atoms with Gasteiger partial charge in [0.1, 0.15) is 12.0 Å². The summed E-state index contributed by atoms with van der Waals surface area (Å²) in [6, 6.07) is 5.39. The first-order valence-electron chi connectivity index (χ1n) is 5.01. The van der Waals surface area contributed by atoms with E-state index in [-0.39, 0.29) is 5.75 Å². The van der Waals surface area contributed by atoms with Crippen LogP contribution in [-0.4, -0.2) is 16.0 Å². The van der Waals surface area contributed by atoms with Gasteiger partial charge >= 0.3 is 0 Å². The molecule has 1 aromatic heterocycles. The number of phenolic OH excluding ortho intramolecular Hbond substituents is 1. The van der Waals surface area contributed by atoms with Gasteiger partial charge in [-0.15, -0.1) is 0 Å². The number of aromatic nitrogens is 1. The molecule has 0 bridgehead atoms. The summed E-state index contributed by atoms with van der Waals surface area (Å²) in [5.74, 6) is 0.270. The van der Waals surface area contributed by atoms with Crippen molar-refractivity contribution in [2.24, 2.45) is 0 Å². The molecule has 78 valence electrons. The zero-order chi connectivity index (χ0) is 10.8. The summed E-state index contributed by atoms with van der Waals surface area (Å²) >= 11 is 0. The molecule has 2 aromatic rings. The van der Waals surface area contributed by atoms with Gasteiger partial charge in [0.25, 0.3) is 0 Å². The van der Waals surface area contributed by atoms with Crippen LogP contribution in [0.5, 0.6) is 5.75 Å². The van der Waals surface area contributed by atoms with Crippen molar-refractivity contribution in [1.29, 1.82) is 0 Å². The molecule has 0 atom stereocenters. The number of carbonyl (C=O) groups excluding carboxylic acids is 1. The third kappa shape index (κ3) is 1.50. The Hall–Kier alpha value is -1.77. The molecule has 0 fully saturated rings. The van der Waals surface area contributed by atoms with Crippen molar-refractivity contribution in [3.63, 3.8) is 0 Å². The van der Waals surface area contributed by atoms with E-state index >= 15 is 0 Å². The van der Waals surface area contributed by atoms with E-state index in [2.05, 4.69) is 0 Å². The van der Waals surface area contributed by atoms with Crippen LogP contribution in [-0.2, 0) is 17.8 Å². The number of hydrogen-bond donors (Lipinski definition) is 1. The lowest BCUT2D eigenvalue weighted by Crippen LogP contribution is -1.90. The lowest BCUT2D eigenvalue weighted by atomic mass is 10.1.